The molecule has 0 saturated carbocycles. The number of esters is 1. The number of non-ortho nitro benzene ring substituents is 1. The second-order valence-electron chi connectivity index (χ2n) is 5.22. The zero-order valence-corrected chi connectivity index (χ0v) is 13.2. The molecule has 1 atom stereocenters. The molecule has 3 rings (SSSR count). The van der Waals surface area contributed by atoms with Gasteiger partial charge in [-0.15, -0.1) is 10.2 Å². The van der Waals surface area contributed by atoms with Crippen LogP contribution < -0.4 is 0 Å². The van der Waals surface area contributed by atoms with E-state index in [9.17, 15) is 14.9 Å². The predicted octanol–water partition coefficient (Wildman–Crippen LogP) is 3.56. The van der Waals surface area contributed by atoms with Gasteiger partial charge >= 0.3 is 5.97 Å². The maximum atomic E-state index is 12.2. The van der Waals surface area contributed by atoms with Crippen LogP contribution in [0.4, 0.5) is 5.69 Å². The fourth-order valence-corrected chi connectivity index (χ4v) is 2.24. The molecule has 0 spiro atoms. The molecule has 8 heteroatoms. The molecule has 0 unspecified atom stereocenters. The molecule has 3 aromatic rings. The number of rotatable bonds is 5. The number of hydrogen-bond acceptors (Lipinski definition) is 7. The normalized spacial score (nSPS) is 11.7. The summed E-state index contributed by atoms with van der Waals surface area (Å²) in [4.78, 5) is 22.6. The molecule has 0 fully saturated rings. The third kappa shape index (κ3) is 3.69. The molecule has 0 bridgehead atoms. The number of nitrogens with zero attached hydrogens (tertiary/aromatic N) is 3. The van der Waals surface area contributed by atoms with Gasteiger partial charge in [0.2, 0.25) is 12.3 Å². The lowest BCUT2D eigenvalue weighted by Gasteiger charge is -2.13. The summed E-state index contributed by atoms with van der Waals surface area (Å²) in [5.41, 5.74) is 1.52. The van der Waals surface area contributed by atoms with E-state index in [1.165, 1.54) is 18.5 Å². The molecule has 0 N–H and O–H groups in total. The van der Waals surface area contributed by atoms with E-state index < -0.39 is 17.0 Å². The van der Waals surface area contributed by atoms with Gasteiger partial charge in [0.1, 0.15) is 6.10 Å². The molecule has 126 valence electrons. The van der Waals surface area contributed by atoms with Gasteiger partial charge in [-0.1, -0.05) is 12.1 Å². The molecule has 1 aromatic heterocycles. The van der Waals surface area contributed by atoms with Crippen molar-refractivity contribution in [1.82, 2.24) is 10.2 Å². The number of nitro benzene ring substituents is 1. The quantitative estimate of drug-likeness (QED) is 0.397. The van der Waals surface area contributed by atoms with E-state index >= 15 is 0 Å². The van der Waals surface area contributed by atoms with Crippen LogP contribution in [0, 0.1) is 10.1 Å². The van der Waals surface area contributed by atoms with E-state index in [-0.39, 0.29) is 5.69 Å². The first-order chi connectivity index (χ1) is 12.0. The Morgan fingerprint density at radius 1 is 1.24 bits per heavy atom. The summed E-state index contributed by atoms with van der Waals surface area (Å²) in [5, 5.41) is 18.2. The minimum Gasteiger partial charge on any atom is -0.454 e. The van der Waals surface area contributed by atoms with E-state index in [2.05, 4.69) is 10.2 Å². The Morgan fingerprint density at radius 3 is 2.64 bits per heavy atom. The zero-order valence-electron chi connectivity index (χ0n) is 13.2. The van der Waals surface area contributed by atoms with Crippen LogP contribution in [0.25, 0.3) is 11.5 Å². The Labute approximate surface area is 142 Å². The molecule has 0 radical (unpaired) electrons. The second-order valence-corrected chi connectivity index (χ2v) is 5.22. The minimum atomic E-state index is -0.622. The number of benzene rings is 2. The van der Waals surface area contributed by atoms with Crippen LogP contribution in [0.2, 0.25) is 0 Å². The topological polar surface area (TPSA) is 108 Å². The van der Waals surface area contributed by atoms with Crippen molar-refractivity contribution in [3.8, 4) is 11.5 Å². The third-order valence-electron chi connectivity index (χ3n) is 3.56. The van der Waals surface area contributed by atoms with Gasteiger partial charge in [-0.3, -0.25) is 10.1 Å². The predicted molar refractivity (Wildman–Crippen MR) is 86.7 cm³/mol. The van der Waals surface area contributed by atoms with Gasteiger partial charge in [0.05, 0.1) is 10.5 Å². The Bertz CT molecular complexity index is 891. The molecule has 0 amide bonds. The van der Waals surface area contributed by atoms with Gasteiger partial charge in [0.25, 0.3) is 5.69 Å². The lowest BCUT2D eigenvalue weighted by Crippen LogP contribution is -2.09. The summed E-state index contributed by atoms with van der Waals surface area (Å²) < 4.78 is 10.5. The summed E-state index contributed by atoms with van der Waals surface area (Å²) >= 11 is 0. The number of hydrogen-bond donors (Lipinski definition) is 0. The van der Waals surface area contributed by atoms with E-state index in [4.69, 9.17) is 9.15 Å². The van der Waals surface area contributed by atoms with Crippen molar-refractivity contribution in [3.05, 3.63) is 76.2 Å². The lowest BCUT2D eigenvalue weighted by atomic mass is 10.1. The van der Waals surface area contributed by atoms with Crippen molar-refractivity contribution < 1.29 is 18.9 Å². The largest absolute Gasteiger partial charge is 0.454 e. The maximum Gasteiger partial charge on any atom is 0.338 e. The molecule has 1 heterocycles. The van der Waals surface area contributed by atoms with Crippen molar-refractivity contribution >= 4 is 11.7 Å². The van der Waals surface area contributed by atoms with Gasteiger partial charge < -0.3 is 9.15 Å². The highest BCUT2D eigenvalue weighted by atomic mass is 16.6. The molecule has 0 aliphatic heterocycles. The van der Waals surface area contributed by atoms with Crippen LogP contribution in [0.5, 0.6) is 0 Å². The van der Waals surface area contributed by atoms with E-state index in [1.54, 1.807) is 43.3 Å². The van der Waals surface area contributed by atoms with Gasteiger partial charge in [-0.25, -0.2) is 4.79 Å². The molecule has 8 nitrogen and oxygen atoms in total. The smallest absolute Gasteiger partial charge is 0.338 e. The maximum absolute atomic E-state index is 12.2. The number of ether oxygens (including phenoxy) is 1. The van der Waals surface area contributed by atoms with E-state index in [1.807, 2.05) is 0 Å². The summed E-state index contributed by atoms with van der Waals surface area (Å²) in [6.45, 7) is 1.66. The van der Waals surface area contributed by atoms with E-state index in [0.29, 0.717) is 22.6 Å². The zero-order chi connectivity index (χ0) is 17.8. The van der Waals surface area contributed by atoms with Crippen LogP contribution >= 0.6 is 0 Å². The molecule has 25 heavy (non-hydrogen) atoms. The third-order valence-corrected chi connectivity index (χ3v) is 3.56. The first kappa shape index (κ1) is 16.3. The number of carbonyl (C=O) groups is 1. The Balaban J connectivity index is 1.71. The molecular formula is C17H13N3O5. The molecule has 0 aliphatic carbocycles. The van der Waals surface area contributed by atoms with Crippen molar-refractivity contribution in [2.75, 3.05) is 0 Å². The summed E-state index contributed by atoms with van der Waals surface area (Å²) in [5.74, 6) is -0.180. The Kier molecular flexibility index (Phi) is 4.51. The van der Waals surface area contributed by atoms with Crippen LogP contribution in [0.3, 0.4) is 0 Å². The first-order valence-electron chi connectivity index (χ1n) is 7.36. The van der Waals surface area contributed by atoms with Crippen LogP contribution in [0.1, 0.15) is 28.9 Å². The number of nitro groups is 1. The van der Waals surface area contributed by atoms with Gasteiger partial charge in [-0.2, -0.15) is 0 Å². The SMILES string of the molecule is C[C@@H](OC(=O)c1ccc(-c2nnco2)cc1)c1cccc([N+](=O)[O-])c1. The Morgan fingerprint density at radius 2 is 2.00 bits per heavy atom. The van der Waals surface area contributed by atoms with Crippen LogP contribution in [-0.4, -0.2) is 21.1 Å². The average Bonchev–Trinajstić information content (AvgIpc) is 3.16. The van der Waals surface area contributed by atoms with Gasteiger partial charge in [0, 0.05) is 17.7 Å². The minimum absolute atomic E-state index is 0.0516. The van der Waals surface area contributed by atoms with Crippen molar-refractivity contribution in [2.45, 2.75) is 13.0 Å². The monoisotopic (exact) mass is 339 g/mol. The molecule has 0 saturated heterocycles. The van der Waals surface area contributed by atoms with Crippen molar-refractivity contribution in [3.63, 3.8) is 0 Å². The van der Waals surface area contributed by atoms with Crippen molar-refractivity contribution in [2.24, 2.45) is 0 Å². The summed E-state index contributed by atoms with van der Waals surface area (Å²) in [6.07, 6.45) is 0.598. The fraction of sp³-hybridized carbons (Fsp3) is 0.118. The van der Waals surface area contributed by atoms with Crippen LogP contribution in [-0.2, 0) is 4.74 Å². The lowest BCUT2D eigenvalue weighted by molar-refractivity contribution is -0.385. The van der Waals surface area contributed by atoms with Gasteiger partial charge in [0.15, 0.2) is 0 Å². The molecule has 2 aromatic carbocycles. The average molecular weight is 339 g/mol. The summed E-state index contributed by atoms with van der Waals surface area (Å²) in [6, 6.07) is 12.5. The standard InChI is InChI=1S/C17H13N3O5/c1-11(14-3-2-4-15(9-14)20(22)23)25-17(21)13-7-5-12(6-8-13)16-19-18-10-24-16/h2-11H,1H3/t11-/m1/s1. The number of carbonyl (C=O) groups excluding carboxylic acids is 1. The highest BCUT2D eigenvalue weighted by molar-refractivity contribution is 5.90. The highest BCUT2D eigenvalue weighted by Gasteiger charge is 2.16. The Hall–Kier alpha value is -3.55. The van der Waals surface area contributed by atoms with Crippen LogP contribution in [0.15, 0.2) is 59.3 Å². The van der Waals surface area contributed by atoms with Gasteiger partial charge in [-0.05, 0) is 36.8 Å². The first-order valence-corrected chi connectivity index (χ1v) is 7.36. The second kappa shape index (κ2) is 6.91. The summed E-state index contributed by atoms with van der Waals surface area (Å²) in [7, 11) is 0. The van der Waals surface area contributed by atoms with Crippen molar-refractivity contribution in [1.29, 1.82) is 0 Å². The molecular weight excluding hydrogens is 326 g/mol. The highest BCUT2D eigenvalue weighted by Crippen LogP contribution is 2.23. The fourth-order valence-electron chi connectivity index (χ4n) is 2.24. The molecule has 0 aliphatic rings. The van der Waals surface area contributed by atoms with E-state index in [0.717, 1.165) is 0 Å². The number of aromatic nitrogens is 2.